The van der Waals surface area contributed by atoms with Crippen LogP contribution in [-0.2, 0) is 15.9 Å². The van der Waals surface area contributed by atoms with Gasteiger partial charge in [-0.15, -0.1) is 11.6 Å². The van der Waals surface area contributed by atoms with E-state index in [1.54, 1.807) is 19.3 Å². The predicted molar refractivity (Wildman–Crippen MR) is 86.1 cm³/mol. The van der Waals surface area contributed by atoms with Crippen LogP contribution in [0, 0.1) is 5.41 Å². The average Bonchev–Trinajstić information content (AvgIpc) is 3.14. The fourth-order valence-corrected chi connectivity index (χ4v) is 4.17. The summed E-state index contributed by atoms with van der Waals surface area (Å²) in [6.07, 6.45) is 3.95. The minimum Gasteiger partial charge on any atom is -0.346 e. The molecule has 1 aromatic rings. The molecule has 0 aliphatic heterocycles. The van der Waals surface area contributed by atoms with Gasteiger partial charge in [0.2, 0.25) is 10.0 Å². The number of halogens is 1. The van der Waals surface area contributed by atoms with E-state index in [2.05, 4.69) is 0 Å². The monoisotopic (exact) mass is 332 g/mol. The van der Waals surface area contributed by atoms with Gasteiger partial charge in [0.25, 0.3) is 0 Å². The molecule has 1 aliphatic rings. The van der Waals surface area contributed by atoms with Crippen molar-refractivity contribution in [2.45, 2.75) is 63.4 Å². The third kappa shape index (κ3) is 3.30. The highest BCUT2D eigenvalue weighted by Crippen LogP contribution is 2.38. The molecule has 120 valence electrons. The maximum Gasteiger partial charge on any atom is 0.244 e. The molecule has 0 N–H and O–H groups in total. The number of rotatable bonds is 5. The Bertz CT molecular complexity index is 612. The molecule has 0 bridgehead atoms. The van der Waals surface area contributed by atoms with Crippen molar-refractivity contribution in [2.24, 2.45) is 5.41 Å². The average molecular weight is 333 g/mol. The summed E-state index contributed by atoms with van der Waals surface area (Å²) in [4.78, 5) is 0.351. The van der Waals surface area contributed by atoms with E-state index < -0.39 is 10.0 Å². The fourth-order valence-electron chi connectivity index (χ4n) is 2.36. The van der Waals surface area contributed by atoms with E-state index in [1.807, 2.05) is 32.3 Å². The summed E-state index contributed by atoms with van der Waals surface area (Å²) in [7, 11) is -1.83. The van der Waals surface area contributed by atoms with Gasteiger partial charge in [0.15, 0.2) is 0 Å². The second-order valence-electron chi connectivity index (χ2n) is 7.00. The zero-order chi connectivity index (χ0) is 16.0. The van der Waals surface area contributed by atoms with E-state index in [0.29, 0.717) is 16.8 Å². The smallest absolute Gasteiger partial charge is 0.244 e. The lowest BCUT2D eigenvalue weighted by molar-refractivity contribution is 0.216. The molecule has 1 aliphatic carbocycles. The van der Waals surface area contributed by atoms with Crippen LogP contribution in [-0.4, -0.2) is 30.4 Å². The fraction of sp³-hybridized carbons (Fsp3) is 0.733. The van der Waals surface area contributed by atoms with Crippen molar-refractivity contribution in [1.82, 2.24) is 8.87 Å². The topological polar surface area (TPSA) is 42.3 Å². The van der Waals surface area contributed by atoms with Crippen molar-refractivity contribution in [2.75, 3.05) is 7.05 Å². The van der Waals surface area contributed by atoms with Crippen LogP contribution in [0.4, 0.5) is 0 Å². The number of alkyl halides is 1. The second kappa shape index (κ2) is 5.60. The van der Waals surface area contributed by atoms with Gasteiger partial charge >= 0.3 is 0 Å². The van der Waals surface area contributed by atoms with Gasteiger partial charge < -0.3 is 4.57 Å². The summed E-state index contributed by atoms with van der Waals surface area (Å²) in [5.74, 6) is 0.338. The highest BCUT2D eigenvalue weighted by molar-refractivity contribution is 7.89. The normalized spacial score (nSPS) is 18.2. The third-order valence-corrected chi connectivity index (χ3v) is 6.63. The van der Waals surface area contributed by atoms with Crippen molar-refractivity contribution in [3.63, 3.8) is 0 Å². The van der Waals surface area contributed by atoms with E-state index >= 15 is 0 Å². The first-order valence-electron chi connectivity index (χ1n) is 7.33. The van der Waals surface area contributed by atoms with Gasteiger partial charge in [0.05, 0.1) is 5.88 Å². The first kappa shape index (κ1) is 16.8. The Morgan fingerprint density at radius 2 is 2.00 bits per heavy atom. The molecule has 0 amide bonds. The summed E-state index contributed by atoms with van der Waals surface area (Å²) >= 11 is 5.95. The number of hydrogen-bond donors (Lipinski definition) is 0. The van der Waals surface area contributed by atoms with Gasteiger partial charge in [-0.3, -0.25) is 0 Å². The van der Waals surface area contributed by atoms with Gasteiger partial charge in [0, 0.05) is 31.0 Å². The zero-order valence-corrected chi connectivity index (χ0v) is 15.0. The van der Waals surface area contributed by atoms with Crippen LogP contribution in [0.2, 0.25) is 0 Å². The molecule has 4 nitrogen and oxygen atoms in total. The molecule has 2 rings (SSSR count). The van der Waals surface area contributed by atoms with Gasteiger partial charge in [-0.05, 0) is 31.2 Å². The molecular weight excluding hydrogens is 308 g/mol. The summed E-state index contributed by atoms with van der Waals surface area (Å²) in [6.45, 7) is 8.08. The summed E-state index contributed by atoms with van der Waals surface area (Å²) in [6, 6.07) is 2.05. The van der Waals surface area contributed by atoms with Gasteiger partial charge in [-0.25, -0.2) is 8.42 Å². The molecule has 1 unspecified atom stereocenters. The van der Waals surface area contributed by atoms with E-state index in [-0.39, 0.29) is 11.5 Å². The van der Waals surface area contributed by atoms with Crippen LogP contribution in [0.3, 0.4) is 0 Å². The van der Waals surface area contributed by atoms with Crippen LogP contribution < -0.4 is 0 Å². The molecule has 0 spiro atoms. The van der Waals surface area contributed by atoms with Crippen molar-refractivity contribution in [3.05, 3.63) is 18.0 Å². The first-order valence-corrected chi connectivity index (χ1v) is 9.31. The van der Waals surface area contributed by atoms with Gasteiger partial charge in [-0.1, -0.05) is 20.8 Å². The third-order valence-electron chi connectivity index (χ3n) is 4.46. The maximum absolute atomic E-state index is 12.8. The van der Waals surface area contributed by atoms with Crippen LogP contribution >= 0.6 is 11.6 Å². The lowest BCUT2D eigenvalue weighted by Crippen LogP contribution is -2.42. The first-order chi connectivity index (χ1) is 9.59. The van der Waals surface area contributed by atoms with Crippen molar-refractivity contribution < 1.29 is 8.42 Å². The minimum absolute atomic E-state index is 0.0915. The van der Waals surface area contributed by atoms with Crippen molar-refractivity contribution in [3.8, 4) is 0 Å². The largest absolute Gasteiger partial charge is 0.346 e. The maximum atomic E-state index is 12.8. The van der Waals surface area contributed by atoms with Crippen molar-refractivity contribution >= 4 is 21.6 Å². The molecule has 1 fully saturated rings. The Labute approximate surface area is 133 Å². The molecule has 1 heterocycles. The van der Waals surface area contributed by atoms with Crippen LogP contribution in [0.25, 0.3) is 0 Å². The molecule has 21 heavy (non-hydrogen) atoms. The van der Waals surface area contributed by atoms with Crippen LogP contribution in [0.15, 0.2) is 17.2 Å². The molecular formula is C15H25ClN2O2S. The number of aromatic nitrogens is 1. The van der Waals surface area contributed by atoms with E-state index in [4.69, 9.17) is 11.6 Å². The molecule has 0 aromatic carbocycles. The standard InChI is InChI=1S/C15H25ClN2O2S/c1-11(15(2,3)4)17(5)21(19,20)14-8-13(9-16)18(10-14)12-6-7-12/h8,10-12H,6-7,9H2,1-5H3. The summed E-state index contributed by atoms with van der Waals surface area (Å²) in [5.41, 5.74) is 0.769. The number of hydrogen-bond acceptors (Lipinski definition) is 2. The molecule has 1 saturated carbocycles. The molecule has 6 heteroatoms. The Kier molecular flexibility index (Phi) is 4.49. The molecule has 1 atom stereocenters. The van der Waals surface area contributed by atoms with Crippen LogP contribution in [0.5, 0.6) is 0 Å². The highest BCUT2D eigenvalue weighted by atomic mass is 35.5. The van der Waals surface area contributed by atoms with Crippen molar-refractivity contribution in [1.29, 1.82) is 0 Å². The van der Waals surface area contributed by atoms with Gasteiger partial charge in [-0.2, -0.15) is 4.31 Å². The molecule has 1 aromatic heterocycles. The highest BCUT2D eigenvalue weighted by Gasteiger charge is 2.34. The Hall–Kier alpha value is -0.520. The molecule has 0 radical (unpaired) electrons. The zero-order valence-electron chi connectivity index (χ0n) is 13.4. The SMILES string of the molecule is CC(N(C)S(=O)(=O)c1cc(CCl)n(C2CC2)c1)C(C)(C)C. The Morgan fingerprint density at radius 1 is 1.43 bits per heavy atom. The number of nitrogens with zero attached hydrogens (tertiary/aromatic N) is 2. The minimum atomic E-state index is -3.49. The Morgan fingerprint density at radius 3 is 2.43 bits per heavy atom. The van der Waals surface area contributed by atoms with E-state index in [9.17, 15) is 8.42 Å². The number of sulfonamides is 1. The lowest BCUT2D eigenvalue weighted by atomic mass is 9.88. The summed E-state index contributed by atoms with van der Waals surface area (Å²) in [5, 5.41) is 0. The Balaban J connectivity index is 2.35. The molecule has 0 saturated heterocycles. The quantitative estimate of drug-likeness (QED) is 0.773. The van der Waals surface area contributed by atoms with Crippen LogP contribution in [0.1, 0.15) is 52.3 Å². The van der Waals surface area contributed by atoms with E-state index in [1.165, 1.54) is 4.31 Å². The predicted octanol–water partition coefficient (Wildman–Crippen LogP) is 3.62. The lowest BCUT2D eigenvalue weighted by Gasteiger charge is -2.34. The summed E-state index contributed by atoms with van der Waals surface area (Å²) < 4.78 is 29.1. The van der Waals surface area contributed by atoms with E-state index in [0.717, 1.165) is 18.5 Å². The second-order valence-corrected chi connectivity index (χ2v) is 9.27. The van der Waals surface area contributed by atoms with Gasteiger partial charge in [0.1, 0.15) is 4.90 Å².